The van der Waals surface area contributed by atoms with Crippen molar-refractivity contribution in [3.63, 3.8) is 0 Å². The molecule has 2 aromatic rings. The molecule has 4 nitrogen and oxygen atoms in total. The molecule has 28 heavy (non-hydrogen) atoms. The zero-order valence-corrected chi connectivity index (χ0v) is 16.6. The van der Waals surface area contributed by atoms with E-state index >= 15 is 0 Å². The van der Waals surface area contributed by atoms with Crippen molar-refractivity contribution < 1.29 is 18.3 Å². The van der Waals surface area contributed by atoms with Gasteiger partial charge in [-0.15, -0.1) is 0 Å². The molecule has 0 fully saturated rings. The molecule has 0 radical (unpaired) electrons. The maximum atomic E-state index is 13.7. The second-order valence-electron chi connectivity index (χ2n) is 6.42. The van der Waals surface area contributed by atoms with Gasteiger partial charge in [-0.2, -0.15) is 0 Å². The summed E-state index contributed by atoms with van der Waals surface area (Å²) in [5, 5.41) is 5.92. The van der Waals surface area contributed by atoms with Gasteiger partial charge in [-0.05, 0) is 43.5 Å². The van der Waals surface area contributed by atoms with Gasteiger partial charge in [0.05, 0.1) is 23.4 Å². The van der Waals surface area contributed by atoms with E-state index in [4.69, 9.17) is 16.3 Å². The van der Waals surface area contributed by atoms with Crippen LogP contribution >= 0.6 is 11.6 Å². The molecule has 152 valence electrons. The fraction of sp³-hybridized carbons (Fsp3) is 0.381. The Morgan fingerprint density at radius 1 is 1.11 bits per heavy atom. The van der Waals surface area contributed by atoms with Gasteiger partial charge in [0, 0.05) is 12.1 Å². The number of carbonyl (C=O) groups excluding carboxylic acids is 1. The minimum Gasteiger partial charge on any atom is -0.373 e. The van der Waals surface area contributed by atoms with Crippen LogP contribution in [0.15, 0.2) is 42.5 Å². The van der Waals surface area contributed by atoms with Crippen LogP contribution in [0.5, 0.6) is 0 Å². The number of nitrogens with one attached hydrogen (secondary N) is 2. The SMILES string of the molecule is CCCC(CCCNC(=O)Nc1ccccc1Cl)OCc1c(F)cccc1F. The maximum Gasteiger partial charge on any atom is 0.319 e. The number of halogens is 3. The number of ether oxygens (including phenoxy) is 1. The second kappa shape index (κ2) is 11.6. The van der Waals surface area contributed by atoms with Crippen molar-refractivity contribution in [1.82, 2.24) is 5.32 Å². The highest BCUT2D eigenvalue weighted by Gasteiger charge is 2.13. The number of benzene rings is 2. The average molecular weight is 411 g/mol. The number of anilines is 1. The zero-order chi connectivity index (χ0) is 20.4. The standard InChI is InChI=1S/C21H25ClF2N2O2/c1-2-7-15(28-14-16-18(23)10-5-11-19(16)24)8-6-13-25-21(27)26-20-12-4-3-9-17(20)22/h3-5,9-12,15H,2,6-8,13-14H2,1H3,(H2,25,26,27). The molecule has 0 saturated carbocycles. The van der Waals surface area contributed by atoms with E-state index in [-0.39, 0.29) is 24.3 Å². The van der Waals surface area contributed by atoms with Crippen LogP contribution in [-0.4, -0.2) is 18.7 Å². The minimum atomic E-state index is -0.604. The van der Waals surface area contributed by atoms with E-state index < -0.39 is 11.6 Å². The van der Waals surface area contributed by atoms with Gasteiger partial charge in [0.1, 0.15) is 11.6 Å². The molecule has 0 aromatic heterocycles. The summed E-state index contributed by atoms with van der Waals surface area (Å²) in [5.74, 6) is -1.21. The van der Waals surface area contributed by atoms with Crippen LogP contribution in [-0.2, 0) is 11.3 Å². The van der Waals surface area contributed by atoms with E-state index in [1.54, 1.807) is 24.3 Å². The van der Waals surface area contributed by atoms with E-state index in [0.717, 1.165) is 12.8 Å². The third-order valence-corrected chi connectivity index (χ3v) is 4.58. The molecule has 7 heteroatoms. The minimum absolute atomic E-state index is 0.0548. The van der Waals surface area contributed by atoms with E-state index in [1.807, 2.05) is 6.92 Å². The molecule has 2 N–H and O–H groups in total. The number of hydrogen-bond acceptors (Lipinski definition) is 2. The lowest BCUT2D eigenvalue weighted by molar-refractivity contribution is 0.0250. The largest absolute Gasteiger partial charge is 0.373 e. The van der Waals surface area contributed by atoms with Gasteiger partial charge in [-0.3, -0.25) is 0 Å². The van der Waals surface area contributed by atoms with Gasteiger partial charge in [-0.1, -0.05) is 43.1 Å². The highest BCUT2D eigenvalue weighted by molar-refractivity contribution is 6.33. The zero-order valence-electron chi connectivity index (χ0n) is 15.8. The fourth-order valence-corrected chi connectivity index (χ4v) is 2.95. The van der Waals surface area contributed by atoms with Crippen LogP contribution in [0.1, 0.15) is 38.2 Å². The van der Waals surface area contributed by atoms with Crippen molar-refractivity contribution in [2.45, 2.75) is 45.3 Å². The number of carbonyl (C=O) groups is 1. The first kappa shape index (κ1) is 22.1. The molecular formula is C21H25ClF2N2O2. The molecule has 0 aliphatic heterocycles. The van der Waals surface area contributed by atoms with Crippen molar-refractivity contribution in [2.75, 3.05) is 11.9 Å². The number of hydrogen-bond donors (Lipinski definition) is 2. The normalized spacial score (nSPS) is 11.9. The summed E-state index contributed by atoms with van der Waals surface area (Å²) in [6.07, 6.45) is 2.90. The molecule has 1 atom stereocenters. The first-order valence-corrected chi connectivity index (χ1v) is 9.73. The van der Waals surface area contributed by atoms with Crippen LogP contribution in [0.2, 0.25) is 5.02 Å². The van der Waals surface area contributed by atoms with Crippen LogP contribution < -0.4 is 10.6 Å². The Morgan fingerprint density at radius 3 is 2.50 bits per heavy atom. The second-order valence-corrected chi connectivity index (χ2v) is 6.83. The first-order valence-electron chi connectivity index (χ1n) is 9.35. The Hall–Kier alpha value is -2.18. The third kappa shape index (κ3) is 7.09. The van der Waals surface area contributed by atoms with Crippen LogP contribution in [0.4, 0.5) is 19.3 Å². The lowest BCUT2D eigenvalue weighted by Crippen LogP contribution is -2.30. The topological polar surface area (TPSA) is 50.4 Å². The summed E-state index contributed by atoms with van der Waals surface area (Å²) < 4.78 is 33.1. The van der Waals surface area contributed by atoms with E-state index in [1.165, 1.54) is 18.2 Å². The monoisotopic (exact) mass is 410 g/mol. The number of para-hydroxylation sites is 1. The molecule has 2 aromatic carbocycles. The third-order valence-electron chi connectivity index (χ3n) is 4.25. The van der Waals surface area contributed by atoms with Crippen molar-refractivity contribution in [1.29, 1.82) is 0 Å². The molecule has 0 heterocycles. The molecule has 0 bridgehead atoms. The van der Waals surface area contributed by atoms with Gasteiger partial charge in [-0.25, -0.2) is 13.6 Å². The molecule has 2 amide bonds. The predicted octanol–water partition coefficient (Wildman–Crippen LogP) is 5.91. The smallest absolute Gasteiger partial charge is 0.319 e. The summed E-state index contributed by atoms with van der Waals surface area (Å²) >= 11 is 6.00. The van der Waals surface area contributed by atoms with Crippen molar-refractivity contribution in [3.8, 4) is 0 Å². The summed E-state index contributed by atoms with van der Waals surface area (Å²) in [5.41, 5.74) is 0.488. The molecule has 2 rings (SSSR count). The lowest BCUT2D eigenvalue weighted by atomic mass is 10.1. The molecule has 1 unspecified atom stereocenters. The van der Waals surface area contributed by atoms with Gasteiger partial charge < -0.3 is 15.4 Å². The van der Waals surface area contributed by atoms with Gasteiger partial charge in [0.2, 0.25) is 0 Å². The summed E-state index contributed by atoms with van der Waals surface area (Å²) in [4.78, 5) is 11.9. The molecule has 0 spiro atoms. The van der Waals surface area contributed by atoms with Gasteiger partial charge in [0.25, 0.3) is 0 Å². The highest BCUT2D eigenvalue weighted by atomic mass is 35.5. The van der Waals surface area contributed by atoms with Crippen LogP contribution in [0.3, 0.4) is 0 Å². The predicted molar refractivity (Wildman–Crippen MR) is 108 cm³/mol. The lowest BCUT2D eigenvalue weighted by Gasteiger charge is -2.18. The maximum absolute atomic E-state index is 13.7. The number of urea groups is 1. The summed E-state index contributed by atoms with van der Waals surface area (Å²) in [6, 6.07) is 10.4. The molecular weight excluding hydrogens is 386 g/mol. The van der Waals surface area contributed by atoms with Crippen LogP contribution in [0, 0.1) is 11.6 Å². The Kier molecular flexibility index (Phi) is 9.17. The quantitative estimate of drug-likeness (QED) is 0.478. The van der Waals surface area contributed by atoms with Crippen molar-refractivity contribution in [2.24, 2.45) is 0 Å². The Balaban J connectivity index is 1.74. The van der Waals surface area contributed by atoms with E-state index in [9.17, 15) is 13.6 Å². The average Bonchev–Trinajstić information content (AvgIpc) is 2.66. The van der Waals surface area contributed by atoms with Crippen LogP contribution in [0.25, 0.3) is 0 Å². The van der Waals surface area contributed by atoms with Gasteiger partial charge in [0.15, 0.2) is 0 Å². The molecule has 0 saturated heterocycles. The Bertz CT molecular complexity index is 754. The molecule has 0 aliphatic carbocycles. The van der Waals surface area contributed by atoms with Crippen molar-refractivity contribution in [3.05, 3.63) is 64.7 Å². The van der Waals surface area contributed by atoms with E-state index in [2.05, 4.69) is 10.6 Å². The fourth-order valence-electron chi connectivity index (χ4n) is 2.77. The number of amides is 2. The first-order chi connectivity index (χ1) is 13.5. The molecule has 0 aliphatic rings. The Morgan fingerprint density at radius 2 is 1.82 bits per heavy atom. The van der Waals surface area contributed by atoms with E-state index in [0.29, 0.717) is 30.1 Å². The number of rotatable bonds is 10. The Labute approximate surface area is 169 Å². The summed E-state index contributed by atoms with van der Waals surface area (Å²) in [6.45, 7) is 2.37. The van der Waals surface area contributed by atoms with Gasteiger partial charge >= 0.3 is 6.03 Å². The highest BCUT2D eigenvalue weighted by Crippen LogP contribution is 2.20. The van der Waals surface area contributed by atoms with Crippen molar-refractivity contribution >= 4 is 23.3 Å². The summed E-state index contributed by atoms with van der Waals surface area (Å²) in [7, 11) is 0.